The van der Waals surface area contributed by atoms with Gasteiger partial charge in [-0.25, -0.2) is 4.99 Å². The second-order valence-corrected chi connectivity index (χ2v) is 8.04. The minimum atomic E-state index is -0.446. The van der Waals surface area contributed by atoms with Gasteiger partial charge in [-0.3, -0.25) is 19.8 Å². The molecule has 1 amide bonds. The van der Waals surface area contributed by atoms with E-state index >= 15 is 0 Å². The molecule has 154 valence electrons. The highest BCUT2D eigenvalue weighted by Crippen LogP contribution is 2.39. The number of benzene rings is 3. The summed E-state index contributed by atoms with van der Waals surface area (Å²) in [5.74, 6) is -0.259. The fraction of sp³-hybridized carbons (Fsp3) is 0.0833. The Morgan fingerprint density at radius 2 is 1.58 bits per heavy atom. The molecule has 6 nitrogen and oxygen atoms in total. The number of nitrogens with zero attached hydrogens (tertiary/aromatic N) is 3. The van der Waals surface area contributed by atoms with Gasteiger partial charge in [0, 0.05) is 6.07 Å². The summed E-state index contributed by atoms with van der Waals surface area (Å²) in [6.07, 6.45) is 1.57. The number of amides is 1. The summed E-state index contributed by atoms with van der Waals surface area (Å²) in [5.41, 5.74) is 3.76. The van der Waals surface area contributed by atoms with Gasteiger partial charge in [-0.05, 0) is 61.0 Å². The van der Waals surface area contributed by atoms with Crippen molar-refractivity contribution in [3.05, 3.63) is 105 Å². The lowest BCUT2D eigenvalue weighted by molar-refractivity contribution is -0.385. The van der Waals surface area contributed by atoms with E-state index in [1.807, 2.05) is 62.4 Å². The van der Waals surface area contributed by atoms with Crippen LogP contribution in [-0.4, -0.2) is 16.0 Å². The maximum Gasteiger partial charge on any atom is 0.276 e. The predicted octanol–water partition coefficient (Wildman–Crippen LogP) is 6.02. The van der Waals surface area contributed by atoms with Gasteiger partial charge in [-0.2, -0.15) is 0 Å². The lowest BCUT2D eigenvalue weighted by Crippen LogP contribution is -2.29. The van der Waals surface area contributed by atoms with Crippen molar-refractivity contribution in [1.82, 2.24) is 0 Å². The summed E-state index contributed by atoms with van der Waals surface area (Å²) < 4.78 is 0. The van der Waals surface area contributed by atoms with Gasteiger partial charge >= 0.3 is 0 Å². The average Bonchev–Trinajstić information content (AvgIpc) is 3.05. The van der Waals surface area contributed by atoms with E-state index in [0.29, 0.717) is 15.6 Å². The number of aryl methyl sites for hydroxylation is 2. The highest BCUT2D eigenvalue weighted by molar-refractivity contribution is 8.19. The second kappa shape index (κ2) is 8.57. The molecule has 0 saturated carbocycles. The Bertz CT molecular complexity index is 1250. The molecule has 7 heteroatoms. The molecule has 1 aliphatic rings. The van der Waals surface area contributed by atoms with Crippen LogP contribution in [0.25, 0.3) is 6.08 Å². The molecule has 1 fully saturated rings. The van der Waals surface area contributed by atoms with Gasteiger partial charge in [0.15, 0.2) is 5.17 Å². The largest absolute Gasteiger partial charge is 0.276 e. The summed E-state index contributed by atoms with van der Waals surface area (Å²) in [6.45, 7) is 3.89. The van der Waals surface area contributed by atoms with Crippen LogP contribution in [0.4, 0.5) is 17.1 Å². The number of aliphatic imine (C=N–C) groups is 1. The molecule has 3 aromatic carbocycles. The molecule has 1 aliphatic heterocycles. The van der Waals surface area contributed by atoms with Gasteiger partial charge in [-0.15, -0.1) is 0 Å². The van der Waals surface area contributed by atoms with Crippen LogP contribution in [0.3, 0.4) is 0 Å². The SMILES string of the molecule is Cc1ccccc1N=C1S/C(=C/c2ccccc2[N+](=O)[O-])C(=O)N1c1ccccc1C. The minimum absolute atomic E-state index is 0.0462. The lowest BCUT2D eigenvalue weighted by Gasteiger charge is -2.18. The summed E-state index contributed by atoms with van der Waals surface area (Å²) in [5, 5.41) is 11.9. The van der Waals surface area contributed by atoms with Crippen LogP contribution in [-0.2, 0) is 4.79 Å². The van der Waals surface area contributed by atoms with E-state index in [1.54, 1.807) is 29.2 Å². The Balaban J connectivity index is 1.85. The van der Waals surface area contributed by atoms with E-state index in [0.717, 1.165) is 22.5 Å². The van der Waals surface area contributed by atoms with E-state index in [4.69, 9.17) is 4.99 Å². The third kappa shape index (κ3) is 4.13. The van der Waals surface area contributed by atoms with E-state index in [2.05, 4.69) is 0 Å². The van der Waals surface area contributed by atoms with Gasteiger partial charge < -0.3 is 0 Å². The molecule has 0 N–H and O–H groups in total. The number of anilines is 1. The number of hydrogen-bond acceptors (Lipinski definition) is 5. The zero-order chi connectivity index (χ0) is 22.0. The van der Waals surface area contributed by atoms with Crippen molar-refractivity contribution < 1.29 is 9.72 Å². The van der Waals surface area contributed by atoms with Crippen LogP contribution >= 0.6 is 11.8 Å². The molecule has 1 heterocycles. The van der Waals surface area contributed by atoms with Crippen LogP contribution in [0.1, 0.15) is 16.7 Å². The van der Waals surface area contributed by atoms with Crippen molar-refractivity contribution in [2.45, 2.75) is 13.8 Å². The quantitative estimate of drug-likeness (QED) is 0.289. The third-order valence-electron chi connectivity index (χ3n) is 4.91. The number of thioether (sulfide) groups is 1. The van der Waals surface area contributed by atoms with Crippen molar-refractivity contribution in [3.8, 4) is 0 Å². The van der Waals surface area contributed by atoms with Crippen LogP contribution in [0, 0.1) is 24.0 Å². The molecule has 0 spiro atoms. The van der Waals surface area contributed by atoms with Gasteiger partial charge in [0.1, 0.15) is 0 Å². The molecule has 0 atom stereocenters. The Labute approximate surface area is 184 Å². The minimum Gasteiger partial charge on any atom is -0.268 e. The molecule has 0 bridgehead atoms. The number of para-hydroxylation sites is 3. The Kier molecular flexibility index (Phi) is 5.68. The van der Waals surface area contributed by atoms with Gasteiger partial charge in [0.2, 0.25) is 0 Å². The van der Waals surface area contributed by atoms with E-state index < -0.39 is 4.92 Å². The van der Waals surface area contributed by atoms with Crippen molar-refractivity contribution in [1.29, 1.82) is 0 Å². The summed E-state index contributed by atoms with van der Waals surface area (Å²) in [4.78, 5) is 31.1. The lowest BCUT2D eigenvalue weighted by atomic mass is 10.1. The topological polar surface area (TPSA) is 75.8 Å². The van der Waals surface area contributed by atoms with E-state index in [9.17, 15) is 14.9 Å². The molecule has 31 heavy (non-hydrogen) atoms. The van der Waals surface area contributed by atoms with Crippen molar-refractivity contribution in [3.63, 3.8) is 0 Å². The molecule has 0 radical (unpaired) electrons. The second-order valence-electron chi connectivity index (χ2n) is 7.03. The number of rotatable bonds is 4. The molecular formula is C24H19N3O3S. The maximum absolute atomic E-state index is 13.4. The Morgan fingerprint density at radius 3 is 2.29 bits per heavy atom. The standard InChI is InChI=1S/C24H19N3O3S/c1-16-9-3-6-12-19(16)25-24-26(20-13-7-4-10-17(20)2)23(28)22(31-24)15-18-11-5-8-14-21(18)27(29)30/h3-15H,1-2H3/b22-15+,25-24?. The van der Waals surface area contributed by atoms with Crippen LogP contribution in [0.15, 0.2) is 82.7 Å². The maximum atomic E-state index is 13.4. The molecule has 4 rings (SSSR count). The zero-order valence-corrected chi connectivity index (χ0v) is 17.8. The van der Waals surface area contributed by atoms with Gasteiger partial charge in [0.25, 0.3) is 11.6 Å². The number of carbonyl (C=O) groups excluding carboxylic acids is 1. The molecule has 0 aromatic heterocycles. The van der Waals surface area contributed by atoms with Crippen molar-refractivity contribution in [2.75, 3.05) is 4.90 Å². The van der Waals surface area contributed by atoms with Crippen LogP contribution < -0.4 is 4.90 Å². The van der Waals surface area contributed by atoms with Gasteiger partial charge in [0.05, 0.1) is 26.8 Å². The highest BCUT2D eigenvalue weighted by Gasteiger charge is 2.36. The fourth-order valence-corrected chi connectivity index (χ4v) is 4.26. The number of nitro groups is 1. The number of amidine groups is 1. The van der Waals surface area contributed by atoms with Crippen LogP contribution in [0.2, 0.25) is 0 Å². The molecule has 1 saturated heterocycles. The molecule has 0 aliphatic carbocycles. The highest BCUT2D eigenvalue weighted by atomic mass is 32.2. The Morgan fingerprint density at radius 1 is 0.935 bits per heavy atom. The first-order valence-corrected chi connectivity index (χ1v) is 10.4. The molecule has 0 unspecified atom stereocenters. The first-order valence-electron chi connectivity index (χ1n) is 9.63. The van der Waals surface area contributed by atoms with Crippen molar-refractivity contribution >= 4 is 46.0 Å². The average molecular weight is 430 g/mol. The fourth-order valence-electron chi connectivity index (χ4n) is 3.28. The van der Waals surface area contributed by atoms with Crippen molar-refractivity contribution in [2.24, 2.45) is 4.99 Å². The third-order valence-corrected chi connectivity index (χ3v) is 5.88. The van der Waals surface area contributed by atoms with E-state index in [-0.39, 0.29) is 11.6 Å². The summed E-state index contributed by atoms with van der Waals surface area (Å²) in [6, 6.07) is 21.7. The van der Waals surface area contributed by atoms with Gasteiger partial charge in [-0.1, -0.05) is 48.5 Å². The Hall–Kier alpha value is -3.71. The zero-order valence-electron chi connectivity index (χ0n) is 17.0. The number of carbonyl (C=O) groups is 1. The smallest absolute Gasteiger partial charge is 0.268 e. The monoisotopic (exact) mass is 429 g/mol. The molecule has 3 aromatic rings. The predicted molar refractivity (Wildman–Crippen MR) is 126 cm³/mol. The number of hydrogen-bond donors (Lipinski definition) is 0. The first kappa shape index (κ1) is 20.6. The van der Waals surface area contributed by atoms with Crippen LogP contribution in [0.5, 0.6) is 0 Å². The first-order chi connectivity index (χ1) is 15.0. The summed E-state index contributed by atoms with van der Waals surface area (Å²) >= 11 is 1.21. The number of nitro benzene ring substituents is 1. The normalized spacial score (nSPS) is 16.3. The van der Waals surface area contributed by atoms with E-state index in [1.165, 1.54) is 17.8 Å². The molecular weight excluding hydrogens is 410 g/mol. The summed E-state index contributed by atoms with van der Waals surface area (Å²) in [7, 11) is 0.